The Bertz CT molecular complexity index is 886. The van der Waals surface area contributed by atoms with Gasteiger partial charge in [0.25, 0.3) is 5.69 Å². The van der Waals surface area contributed by atoms with E-state index in [-0.39, 0.29) is 43.9 Å². The van der Waals surface area contributed by atoms with Crippen LogP contribution >= 0.6 is 23.2 Å². The Hall–Kier alpha value is -2.55. The van der Waals surface area contributed by atoms with Crippen LogP contribution in [-0.2, 0) is 18.0 Å². The van der Waals surface area contributed by atoms with E-state index in [2.05, 4.69) is 0 Å². The van der Waals surface area contributed by atoms with E-state index in [0.717, 1.165) is 6.07 Å². The molecule has 1 N–H and O–H groups in total. The molecule has 0 heterocycles. The second-order valence-corrected chi connectivity index (χ2v) is 6.04. The minimum atomic E-state index is -0.862. The highest BCUT2D eigenvalue weighted by atomic mass is 35.5. The van der Waals surface area contributed by atoms with Crippen molar-refractivity contribution in [2.24, 2.45) is 0 Å². The molecule has 0 aliphatic heterocycles. The molecular formula is C17H15Cl2NO7. The van der Waals surface area contributed by atoms with E-state index < -0.39 is 24.1 Å². The number of esters is 1. The molecule has 0 amide bonds. The van der Waals surface area contributed by atoms with Gasteiger partial charge in [0.05, 0.1) is 41.4 Å². The summed E-state index contributed by atoms with van der Waals surface area (Å²) in [5.74, 6) is -0.594. The van der Waals surface area contributed by atoms with Crippen LogP contribution in [0.3, 0.4) is 0 Å². The number of hydrogen-bond donors (Lipinski definition) is 1. The van der Waals surface area contributed by atoms with E-state index in [1.807, 2.05) is 0 Å². The number of nitrogens with zero attached hydrogens (tertiary/aromatic N) is 1. The first kappa shape index (κ1) is 20.8. The van der Waals surface area contributed by atoms with Crippen molar-refractivity contribution in [3.8, 4) is 11.5 Å². The molecule has 0 atom stereocenters. The number of ether oxygens (including phenoxy) is 3. The summed E-state index contributed by atoms with van der Waals surface area (Å²) in [6.45, 7) is -0.872. The number of nitro groups is 1. The third-order valence-corrected chi connectivity index (χ3v) is 4.29. The average Bonchev–Trinajstić information content (AvgIpc) is 2.66. The summed E-state index contributed by atoms with van der Waals surface area (Å²) in [6.07, 6.45) is 0. The van der Waals surface area contributed by atoms with Gasteiger partial charge in [-0.05, 0) is 18.2 Å². The van der Waals surface area contributed by atoms with E-state index in [4.69, 9.17) is 37.4 Å². The number of methoxy groups -OCH3 is 2. The average molecular weight is 416 g/mol. The van der Waals surface area contributed by atoms with Gasteiger partial charge in [0.2, 0.25) is 0 Å². The van der Waals surface area contributed by atoms with Crippen molar-refractivity contribution in [1.82, 2.24) is 0 Å². The van der Waals surface area contributed by atoms with Gasteiger partial charge in [-0.25, -0.2) is 4.79 Å². The van der Waals surface area contributed by atoms with Gasteiger partial charge in [-0.2, -0.15) is 0 Å². The number of aliphatic hydroxyl groups is 1. The van der Waals surface area contributed by atoms with Crippen LogP contribution in [0.5, 0.6) is 11.5 Å². The van der Waals surface area contributed by atoms with Crippen LogP contribution in [0.25, 0.3) is 0 Å². The fourth-order valence-corrected chi connectivity index (χ4v) is 2.85. The van der Waals surface area contributed by atoms with Crippen molar-refractivity contribution in [3.63, 3.8) is 0 Å². The zero-order valence-electron chi connectivity index (χ0n) is 14.3. The molecular weight excluding hydrogens is 401 g/mol. The van der Waals surface area contributed by atoms with Crippen LogP contribution in [0, 0.1) is 10.1 Å². The second kappa shape index (κ2) is 8.90. The summed E-state index contributed by atoms with van der Waals surface area (Å²) in [5, 5.41) is 20.8. The normalized spacial score (nSPS) is 10.4. The lowest BCUT2D eigenvalue weighted by Gasteiger charge is -2.13. The molecule has 0 spiro atoms. The molecule has 10 heteroatoms. The van der Waals surface area contributed by atoms with Crippen LogP contribution in [0.1, 0.15) is 21.5 Å². The maximum absolute atomic E-state index is 12.4. The van der Waals surface area contributed by atoms with Crippen molar-refractivity contribution in [2.45, 2.75) is 13.2 Å². The Morgan fingerprint density at radius 1 is 1.15 bits per heavy atom. The number of halogens is 2. The summed E-state index contributed by atoms with van der Waals surface area (Å²) in [5.41, 5.74) is -0.0941. The highest BCUT2D eigenvalue weighted by Crippen LogP contribution is 2.35. The molecule has 0 saturated heterocycles. The van der Waals surface area contributed by atoms with Crippen LogP contribution in [0.4, 0.5) is 5.69 Å². The lowest BCUT2D eigenvalue weighted by atomic mass is 10.1. The van der Waals surface area contributed by atoms with Gasteiger partial charge in [-0.15, -0.1) is 0 Å². The van der Waals surface area contributed by atoms with Crippen molar-refractivity contribution in [1.29, 1.82) is 0 Å². The molecule has 0 aromatic heterocycles. The number of benzene rings is 2. The standard InChI is InChI=1S/C17H15Cl2NO7/c1-25-14-6-10(13(20(23)24)5-9(14)7-21)8-27-17(22)15-11(18)3-4-12(19)16(15)26-2/h3-6,21H,7-8H2,1-2H3. The predicted molar refractivity (Wildman–Crippen MR) is 97.7 cm³/mol. The molecule has 2 aromatic rings. The predicted octanol–water partition coefficient (Wildman–Crippen LogP) is 3.77. The molecule has 0 aliphatic carbocycles. The Kier molecular flexibility index (Phi) is 6.84. The molecule has 0 saturated carbocycles. The third-order valence-electron chi connectivity index (χ3n) is 3.67. The first-order valence-electron chi connectivity index (χ1n) is 7.48. The van der Waals surface area contributed by atoms with E-state index >= 15 is 0 Å². The van der Waals surface area contributed by atoms with Crippen LogP contribution in [-0.4, -0.2) is 30.2 Å². The minimum absolute atomic E-state index is 0.0388. The molecule has 2 rings (SSSR count). The third kappa shape index (κ3) is 4.41. The second-order valence-electron chi connectivity index (χ2n) is 5.22. The van der Waals surface area contributed by atoms with E-state index in [0.29, 0.717) is 0 Å². The maximum atomic E-state index is 12.4. The lowest BCUT2D eigenvalue weighted by Crippen LogP contribution is -2.10. The number of hydrogen-bond acceptors (Lipinski definition) is 7. The topological polar surface area (TPSA) is 108 Å². The monoisotopic (exact) mass is 415 g/mol. The molecule has 8 nitrogen and oxygen atoms in total. The largest absolute Gasteiger partial charge is 0.496 e. The van der Waals surface area contributed by atoms with Gasteiger partial charge in [-0.3, -0.25) is 10.1 Å². The van der Waals surface area contributed by atoms with Gasteiger partial charge in [0, 0.05) is 11.6 Å². The number of aliphatic hydroxyl groups excluding tert-OH is 1. The van der Waals surface area contributed by atoms with E-state index in [1.165, 1.54) is 32.4 Å². The Morgan fingerprint density at radius 2 is 1.81 bits per heavy atom. The van der Waals surface area contributed by atoms with Gasteiger partial charge < -0.3 is 19.3 Å². The van der Waals surface area contributed by atoms with Crippen molar-refractivity contribution in [3.05, 3.63) is 61.1 Å². The van der Waals surface area contributed by atoms with E-state index in [9.17, 15) is 20.0 Å². The number of carbonyl (C=O) groups excluding carboxylic acids is 1. The number of carbonyl (C=O) groups is 1. The van der Waals surface area contributed by atoms with E-state index in [1.54, 1.807) is 0 Å². The first-order chi connectivity index (χ1) is 12.8. The van der Waals surface area contributed by atoms with Gasteiger partial charge >= 0.3 is 5.97 Å². The summed E-state index contributed by atoms with van der Waals surface area (Å²) in [7, 11) is 2.67. The molecule has 144 valence electrons. The van der Waals surface area contributed by atoms with Crippen LogP contribution < -0.4 is 9.47 Å². The van der Waals surface area contributed by atoms with Crippen molar-refractivity contribution in [2.75, 3.05) is 14.2 Å². The summed E-state index contributed by atoms with van der Waals surface area (Å²) < 4.78 is 15.4. The molecule has 2 aromatic carbocycles. The molecule has 0 unspecified atom stereocenters. The molecule has 0 radical (unpaired) electrons. The maximum Gasteiger partial charge on any atom is 0.343 e. The van der Waals surface area contributed by atoms with Crippen LogP contribution in [0.15, 0.2) is 24.3 Å². The smallest absolute Gasteiger partial charge is 0.343 e. The fourth-order valence-electron chi connectivity index (χ4n) is 2.39. The summed E-state index contributed by atoms with van der Waals surface area (Å²) >= 11 is 12.0. The van der Waals surface area contributed by atoms with Crippen molar-refractivity contribution < 1.29 is 29.0 Å². The highest BCUT2D eigenvalue weighted by Gasteiger charge is 2.24. The summed E-state index contributed by atoms with van der Waals surface area (Å²) in [6, 6.07) is 5.36. The molecule has 0 bridgehead atoms. The summed E-state index contributed by atoms with van der Waals surface area (Å²) in [4.78, 5) is 23.1. The molecule has 0 fully saturated rings. The molecule has 27 heavy (non-hydrogen) atoms. The Morgan fingerprint density at radius 3 is 2.37 bits per heavy atom. The Balaban J connectivity index is 2.35. The first-order valence-corrected chi connectivity index (χ1v) is 8.23. The quantitative estimate of drug-likeness (QED) is 0.416. The zero-order valence-corrected chi connectivity index (χ0v) is 15.8. The Labute approximate surface area is 164 Å². The molecule has 0 aliphatic rings. The van der Waals surface area contributed by atoms with Crippen LogP contribution in [0.2, 0.25) is 10.0 Å². The number of nitro benzene ring substituents is 1. The zero-order chi connectivity index (χ0) is 20.1. The van der Waals surface area contributed by atoms with Gasteiger partial charge in [-0.1, -0.05) is 23.2 Å². The fraction of sp³-hybridized carbons (Fsp3) is 0.235. The van der Waals surface area contributed by atoms with Crippen molar-refractivity contribution >= 4 is 34.9 Å². The highest BCUT2D eigenvalue weighted by molar-refractivity contribution is 6.37. The lowest BCUT2D eigenvalue weighted by molar-refractivity contribution is -0.385. The SMILES string of the molecule is COc1cc(COC(=O)c2c(Cl)ccc(Cl)c2OC)c([N+](=O)[O-])cc1CO. The van der Waals surface area contributed by atoms with Gasteiger partial charge in [0.15, 0.2) is 5.75 Å². The minimum Gasteiger partial charge on any atom is -0.496 e. The van der Waals surface area contributed by atoms with Gasteiger partial charge in [0.1, 0.15) is 17.9 Å². The number of rotatable bonds is 7.